The van der Waals surface area contributed by atoms with Gasteiger partial charge in [0.05, 0.1) is 0 Å². The van der Waals surface area contributed by atoms with Crippen molar-refractivity contribution in [3.8, 4) is 0 Å². The highest BCUT2D eigenvalue weighted by molar-refractivity contribution is 5.47. The first-order chi connectivity index (χ1) is 9.79. The molecule has 1 saturated carbocycles. The van der Waals surface area contributed by atoms with Crippen molar-refractivity contribution in [1.82, 2.24) is 5.32 Å². The zero-order valence-electron chi connectivity index (χ0n) is 13.2. The molecule has 0 bridgehead atoms. The fourth-order valence-corrected chi connectivity index (χ4v) is 3.11. The lowest BCUT2D eigenvalue weighted by Gasteiger charge is -2.25. The van der Waals surface area contributed by atoms with Crippen LogP contribution in [0.5, 0.6) is 0 Å². The van der Waals surface area contributed by atoms with Gasteiger partial charge in [0.1, 0.15) is 0 Å². The highest BCUT2D eigenvalue weighted by atomic mass is 15.1. The van der Waals surface area contributed by atoms with Gasteiger partial charge in [0, 0.05) is 24.8 Å². The van der Waals surface area contributed by atoms with Crippen LogP contribution in [0.25, 0.3) is 0 Å². The number of hydrogen-bond donors (Lipinski definition) is 1. The third-order valence-electron chi connectivity index (χ3n) is 4.42. The van der Waals surface area contributed by atoms with Crippen molar-refractivity contribution < 1.29 is 0 Å². The second-order valence-corrected chi connectivity index (χ2v) is 6.06. The molecule has 2 rings (SSSR count). The summed E-state index contributed by atoms with van der Waals surface area (Å²) < 4.78 is 0. The molecule has 0 saturated heterocycles. The molecule has 1 aromatic rings. The van der Waals surface area contributed by atoms with Crippen molar-refractivity contribution in [2.24, 2.45) is 0 Å². The zero-order chi connectivity index (χ0) is 14.2. The molecule has 1 aliphatic rings. The normalized spacial score (nSPS) is 16.3. The van der Waals surface area contributed by atoms with E-state index in [1.54, 1.807) is 0 Å². The molecule has 0 amide bonds. The monoisotopic (exact) mass is 274 g/mol. The van der Waals surface area contributed by atoms with E-state index in [2.05, 4.69) is 48.3 Å². The molecule has 0 radical (unpaired) electrons. The fraction of sp³-hybridized carbons (Fsp3) is 0.667. The maximum atomic E-state index is 3.73. The quantitative estimate of drug-likeness (QED) is 0.752. The Morgan fingerprint density at radius 1 is 1.10 bits per heavy atom. The molecule has 20 heavy (non-hydrogen) atoms. The Morgan fingerprint density at radius 3 is 2.45 bits per heavy atom. The Balaban J connectivity index is 1.69. The van der Waals surface area contributed by atoms with Crippen LogP contribution in [0.15, 0.2) is 24.3 Å². The van der Waals surface area contributed by atoms with Gasteiger partial charge in [-0.05, 0) is 51.8 Å². The van der Waals surface area contributed by atoms with Gasteiger partial charge in [-0.1, -0.05) is 37.0 Å². The summed E-state index contributed by atoms with van der Waals surface area (Å²) in [5, 5.41) is 3.73. The predicted molar refractivity (Wildman–Crippen MR) is 88.6 cm³/mol. The molecule has 0 heterocycles. The number of rotatable bonds is 7. The highest BCUT2D eigenvalue weighted by Gasteiger charge is 2.12. The third kappa shape index (κ3) is 4.82. The summed E-state index contributed by atoms with van der Waals surface area (Å²) in [6.45, 7) is 7.79. The lowest BCUT2D eigenvalue weighted by Crippen LogP contribution is -2.34. The van der Waals surface area contributed by atoms with E-state index in [9.17, 15) is 0 Å². The second-order valence-electron chi connectivity index (χ2n) is 6.06. The maximum Gasteiger partial charge on any atom is 0.0366 e. The number of hydrogen-bond acceptors (Lipinski definition) is 2. The molecule has 1 aromatic carbocycles. The van der Waals surface area contributed by atoms with Gasteiger partial charge in [-0.2, -0.15) is 0 Å². The van der Waals surface area contributed by atoms with E-state index in [4.69, 9.17) is 0 Å². The molecule has 1 N–H and O–H groups in total. The van der Waals surface area contributed by atoms with Crippen LogP contribution in [0.4, 0.5) is 5.69 Å². The first-order valence-electron chi connectivity index (χ1n) is 8.34. The van der Waals surface area contributed by atoms with Crippen LogP contribution in [-0.2, 0) is 0 Å². The number of aryl methyl sites for hydroxylation is 1. The largest absolute Gasteiger partial charge is 0.372 e. The molecule has 2 nitrogen and oxygen atoms in total. The zero-order valence-corrected chi connectivity index (χ0v) is 13.2. The Kier molecular flexibility index (Phi) is 6.38. The van der Waals surface area contributed by atoms with E-state index in [1.165, 1.54) is 49.8 Å². The molecule has 0 unspecified atom stereocenters. The summed E-state index contributed by atoms with van der Waals surface area (Å²) in [7, 11) is 0. The summed E-state index contributed by atoms with van der Waals surface area (Å²) in [4.78, 5) is 2.47. The van der Waals surface area contributed by atoms with E-state index in [-0.39, 0.29) is 0 Å². The fourth-order valence-electron chi connectivity index (χ4n) is 3.11. The summed E-state index contributed by atoms with van der Waals surface area (Å²) >= 11 is 0. The number of benzene rings is 1. The van der Waals surface area contributed by atoms with Crippen LogP contribution in [0, 0.1) is 6.92 Å². The van der Waals surface area contributed by atoms with Crippen LogP contribution < -0.4 is 10.2 Å². The molecule has 0 aromatic heterocycles. The summed E-state index contributed by atoms with van der Waals surface area (Å²) in [5.74, 6) is 0. The molecular weight excluding hydrogens is 244 g/mol. The van der Waals surface area contributed by atoms with E-state index in [0.717, 1.165) is 25.7 Å². The summed E-state index contributed by atoms with van der Waals surface area (Å²) in [5.41, 5.74) is 2.69. The molecule has 0 aliphatic heterocycles. The van der Waals surface area contributed by atoms with Gasteiger partial charge in [0.15, 0.2) is 0 Å². The van der Waals surface area contributed by atoms with Crippen LogP contribution in [0.2, 0.25) is 0 Å². The van der Waals surface area contributed by atoms with Gasteiger partial charge >= 0.3 is 0 Å². The van der Waals surface area contributed by atoms with Gasteiger partial charge in [0.25, 0.3) is 0 Å². The van der Waals surface area contributed by atoms with Gasteiger partial charge in [0.2, 0.25) is 0 Å². The standard InChI is InChI=1S/C18H30N2/c1-3-20(18-12-10-16(2)11-13-18)15-7-14-19-17-8-5-4-6-9-17/h10-13,17,19H,3-9,14-15H2,1-2H3. The van der Waals surface area contributed by atoms with E-state index in [1.807, 2.05) is 0 Å². The van der Waals surface area contributed by atoms with Gasteiger partial charge < -0.3 is 10.2 Å². The minimum absolute atomic E-state index is 0.790. The second kappa shape index (κ2) is 8.31. The van der Waals surface area contributed by atoms with Crippen molar-refractivity contribution in [3.63, 3.8) is 0 Å². The molecule has 0 spiro atoms. The molecule has 0 atom stereocenters. The summed E-state index contributed by atoms with van der Waals surface area (Å²) in [6, 6.07) is 9.69. The van der Waals surface area contributed by atoms with E-state index in [0.29, 0.717) is 0 Å². The Morgan fingerprint density at radius 2 is 1.80 bits per heavy atom. The van der Waals surface area contributed by atoms with Crippen molar-refractivity contribution in [2.45, 2.75) is 58.4 Å². The van der Waals surface area contributed by atoms with E-state index >= 15 is 0 Å². The highest BCUT2D eigenvalue weighted by Crippen LogP contribution is 2.18. The van der Waals surface area contributed by atoms with Crippen LogP contribution in [0.3, 0.4) is 0 Å². The minimum atomic E-state index is 0.790. The van der Waals surface area contributed by atoms with Crippen LogP contribution in [-0.4, -0.2) is 25.7 Å². The number of nitrogens with one attached hydrogen (secondary N) is 1. The van der Waals surface area contributed by atoms with Crippen molar-refractivity contribution in [1.29, 1.82) is 0 Å². The lowest BCUT2D eigenvalue weighted by molar-refractivity contribution is 0.372. The number of nitrogens with zero attached hydrogens (tertiary/aromatic N) is 1. The van der Waals surface area contributed by atoms with Crippen LogP contribution >= 0.6 is 0 Å². The van der Waals surface area contributed by atoms with Crippen molar-refractivity contribution in [3.05, 3.63) is 29.8 Å². The Bertz CT molecular complexity index is 366. The molecule has 112 valence electrons. The van der Waals surface area contributed by atoms with Gasteiger partial charge in [-0.25, -0.2) is 0 Å². The smallest absolute Gasteiger partial charge is 0.0366 e. The van der Waals surface area contributed by atoms with Gasteiger partial charge in [-0.15, -0.1) is 0 Å². The SMILES string of the molecule is CCN(CCCNC1CCCCC1)c1ccc(C)cc1. The topological polar surface area (TPSA) is 15.3 Å². The lowest BCUT2D eigenvalue weighted by atomic mass is 9.95. The first kappa shape index (κ1) is 15.4. The molecule has 1 fully saturated rings. The molecular formula is C18H30N2. The van der Waals surface area contributed by atoms with Gasteiger partial charge in [-0.3, -0.25) is 0 Å². The Labute approximate surface area is 124 Å². The average molecular weight is 274 g/mol. The molecule has 1 aliphatic carbocycles. The Hall–Kier alpha value is -1.02. The van der Waals surface area contributed by atoms with Crippen molar-refractivity contribution in [2.75, 3.05) is 24.5 Å². The summed E-state index contributed by atoms with van der Waals surface area (Å²) in [6.07, 6.45) is 8.28. The van der Waals surface area contributed by atoms with Crippen molar-refractivity contribution >= 4 is 5.69 Å². The minimum Gasteiger partial charge on any atom is -0.372 e. The molecule has 2 heteroatoms. The van der Waals surface area contributed by atoms with E-state index < -0.39 is 0 Å². The first-order valence-corrected chi connectivity index (χ1v) is 8.34. The average Bonchev–Trinajstić information content (AvgIpc) is 2.50. The maximum absolute atomic E-state index is 3.73. The van der Waals surface area contributed by atoms with Crippen LogP contribution in [0.1, 0.15) is 51.0 Å². The predicted octanol–water partition coefficient (Wildman–Crippen LogP) is 4.13. The third-order valence-corrected chi connectivity index (χ3v) is 4.42. The number of anilines is 1.